The Hall–Kier alpha value is -0.570. The Morgan fingerprint density at radius 1 is 1.29 bits per heavy atom. The summed E-state index contributed by atoms with van der Waals surface area (Å²) in [5, 5.41) is 10.9. The third-order valence-electron chi connectivity index (χ3n) is 3.07. The van der Waals surface area contributed by atoms with Crippen molar-refractivity contribution in [1.82, 2.24) is 0 Å². The Bertz CT molecular complexity index is 412. The van der Waals surface area contributed by atoms with Crippen LogP contribution in [-0.4, -0.2) is 16.5 Å². The second-order valence-corrected chi connectivity index (χ2v) is 4.84. The maximum atomic E-state index is 12.0. The van der Waals surface area contributed by atoms with Crippen molar-refractivity contribution >= 4 is 29.0 Å². The Morgan fingerprint density at radius 2 is 1.88 bits per heavy atom. The van der Waals surface area contributed by atoms with E-state index in [4.69, 9.17) is 23.2 Å². The van der Waals surface area contributed by atoms with Crippen molar-refractivity contribution in [2.45, 2.75) is 38.7 Å². The molecule has 0 amide bonds. The number of carbonyl (C=O) groups excluding carboxylic acids is 1. The van der Waals surface area contributed by atoms with Gasteiger partial charge in [0.05, 0.1) is 10.0 Å². The average molecular weight is 275 g/mol. The van der Waals surface area contributed by atoms with E-state index < -0.39 is 5.60 Å². The molecule has 0 unspecified atom stereocenters. The topological polar surface area (TPSA) is 37.3 Å². The largest absolute Gasteiger partial charge is 0.382 e. The fourth-order valence-electron chi connectivity index (χ4n) is 1.67. The van der Waals surface area contributed by atoms with Crippen LogP contribution in [0.15, 0.2) is 18.2 Å². The van der Waals surface area contributed by atoms with Crippen LogP contribution in [0.4, 0.5) is 0 Å². The first-order valence-corrected chi connectivity index (χ1v) is 6.38. The quantitative estimate of drug-likeness (QED) is 0.890. The number of hydrogen-bond acceptors (Lipinski definition) is 2. The fraction of sp³-hybridized carbons (Fsp3) is 0.462. The van der Waals surface area contributed by atoms with Crippen molar-refractivity contribution in [1.29, 1.82) is 0 Å². The third-order valence-corrected chi connectivity index (χ3v) is 3.93. The van der Waals surface area contributed by atoms with Crippen LogP contribution < -0.4 is 0 Å². The highest BCUT2D eigenvalue weighted by Crippen LogP contribution is 2.27. The van der Waals surface area contributed by atoms with E-state index >= 15 is 0 Å². The summed E-state index contributed by atoms with van der Waals surface area (Å²) in [6.45, 7) is 3.59. The van der Waals surface area contributed by atoms with Crippen LogP contribution in [0.2, 0.25) is 10.0 Å². The maximum Gasteiger partial charge on any atom is 0.168 e. The second-order valence-electron chi connectivity index (χ2n) is 4.05. The molecular formula is C13H16Cl2O2. The monoisotopic (exact) mass is 274 g/mol. The maximum absolute atomic E-state index is 12.0. The van der Waals surface area contributed by atoms with Crippen LogP contribution in [0.5, 0.6) is 0 Å². The molecule has 0 heterocycles. The van der Waals surface area contributed by atoms with E-state index in [0.29, 0.717) is 28.5 Å². The Labute approximate surface area is 112 Å². The zero-order chi connectivity index (χ0) is 13.1. The zero-order valence-electron chi connectivity index (χ0n) is 9.96. The number of aliphatic hydroxyl groups is 1. The van der Waals surface area contributed by atoms with E-state index in [2.05, 4.69) is 0 Å². The van der Waals surface area contributed by atoms with E-state index in [1.54, 1.807) is 32.0 Å². The zero-order valence-corrected chi connectivity index (χ0v) is 11.5. The van der Waals surface area contributed by atoms with E-state index in [1.165, 1.54) is 0 Å². The van der Waals surface area contributed by atoms with Gasteiger partial charge in [0.2, 0.25) is 0 Å². The molecule has 1 rings (SSSR count). The lowest BCUT2D eigenvalue weighted by molar-refractivity contribution is -0.137. The van der Waals surface area contributed by atoms with Gasteiger partial charge in [-0.3, -0.25) is 4.79 Å². The van der Waals surface area contributed by atoms with Crippen molar-refractivity contribution in [2.75, 3.05) is 0 Å². The molecule has 0 saturated heterocycles. The molecule has 94 valence electrons. The van der Waals surface area contributed by atoms with E-state index in [-0.39, 0.29) is 12.2 Å². The van der Waals surface area contributed by atoms with Crippen molar-refractivity contribution in [2.24, 2.45) is 0 Å². The molecule has 0 bridgehead atoms. The molecule has 1 N–H and O–H groups in total. The molecule has 17 heavy (non-hydrogen) atoms. The van der Waals surface area contributed by atoms with Gasteiger partial charge in [0.25, 0.3) is 0 Å². The highest BCUT2D eigenvalue weighted by Gasteiger charge is 2.31. The van der Waals surface area contributed by atoms with Gasteiger partial charge in [-0.05, 0) is 24.5 Å². The highest BCUT2D eigenvalue weighted by atomic mass is 35.5. The molecule has 0 atom stereocenters. The molecule has 0 radical (unpaired) electrons. The molecule has 1 aromatic carbocycles. The van der Waals surface area contributed by atoms with Gasteiger partial charge < -0.3 is 5.11 Å². The van der Waals surface area contributed by atoms with E-state index in [1.807, 2.05) is 0 Å². The standard InChI is InChI=1S/C13H16Cl2O2/c1-3-13(17,4-2)11(16)8-9-6-5-7-10(14)12(9)15/h5-7,17H,3-4,8H2,1-2H3. The lowest BCUT2D eigenvalue weighted by Gasteiger charge is -2.23. The lowest BCUT2D eigenvalue weighted by Crippen LogP contribution is -2.38. The first-order valence-electron chi connectivity index (χ1n) is 5.63. The summed E-state index contributed by atoms with van der Waals surface area (Å²) in [6, 6.07) is 5.16. The normalized spacial score (nSPS) is 11.6. The number of hydrogen-bond donors (Lipinski definition) is 1. The minimum Gasteiger partial charge on any atom is -0.382 e. The van der Waals surface area contributed by atoms with Crippen molar-refractivity contribution in [3.63, 3.8) is 0 Å². The summed E-state index contributed by atoms with van der Waals surface area (Å²) < 4.78 is 0. The van der Waals surface area contributed by atoms with Crippen molar-refractivity contribution in [3.8, 4) is 0 Å². The number of rotatable bonds is 5. The lowest BCUT2D eigenvalue weighted by atomic mass is 9.88. The van der Waals surface area contributed by atoms with Crippen LogP contribution in [0.25, 0.3) is 0 Å². The van der Waals surface area contributed by atoms with Crippen molar-refractivity contribution in [3.05, 3.63) is 33.8 Å². The van der Waals surface area contributed by atoms with Crippen molar-refractivity contribution < 1.29 is 9.90 Å². The smallest absolute Gasteiger partial charge is 0.168 e. The number of ketones is 1. The van der Waals surface area contributed by atoms with Gasteiger partial charge >= 0.3 is 0 Å². The van der Waals surface area contributed by atoms with Crippen LogP contribution in [0.1, 0.15) is 32.3 Å². The Morgan fingerprint density at radius 3 is 2.41 bits per heavy atom. The van der Waals surface area contributed by atoms with Crippen LogP contribution in [-0.2, 0) is 11.2 Å². The van der Waals surface area contributed by atoms with Gasteiger partial charge in [-0.1, -0.05) is 49.2 Å². The molecule has 0 saturated carbocycles. The molecule has 1 aromatic rings. The number of benzene rings is 1. The number of halogens is 2. The minimum atomic E-state index is -1.26. The summed E-state index contributed by atoms with van der Waals surface area (Å²) in [5.74, 6) is -0.216. The molecule has 0 fully saturated rings. The van der Waals surface area contributed by atoms with E-state index in [0.717, 1.165) is 0 Å². The molecule has 4 heteroatoms. The van der Waals surface area contributed by atoms with Gasteiger partial charge in [-0.25, -0.2) is 0 Å². The van der Waals surface area contributed by atoms with Crippen LogP contribution in [0.3, 0.4) is 0 Å². The highest BCUT2D eigenvalue weighted by molar-refractivity contribution is 6.42. The molecular weight excluding hydrogens is 259 g/mol. The summed E-state index contributed by atoms with van der Waals surface area (Å²) in [5.41, 5.74) is -0.601. The molecule has 0 aliphatic carbocycles. The van der Waals surface area contributed by atoms with Gasteiger partial charge in [-0.2, -0.15) is 0 Å². The Balaban J connectivity index is 2.92. The molecule has 0 aliphatic heterocycles. The van der Waals surface area contributed by atoms with Gasteiger partial charge in [0.1, 0.15) is 5.60 Å². The first kappa shape index (κ1) is 14.5. The number of carbonyl (C=O) groups is 1. The summed E-state index contributed by atoms with van der Waals surface area (Å²) >= 11 is 11.9. The summed E-state index contributed by atoms with van der Waals surface area (Å²) in [7, 11) is 0. The SMILES string of the molecule is CCC(O)(CC)C(=O)Cc1cccc(Cl)c1Cl. The predicted molar refractivity (Wildman–Crippen MR) is 70.7 cm³/mol. The fourth-order valence-corrected chi connectivity index (χ4v) is 2.05. The van der Waals surface area contributed by atoms with Crippen LogP contribution >= 0.6 is 23.2 Å². The number of Topliss-reactive ketones (excluding diaryl/α,β-unsaturated/α-hetero) is 1. The van der Waals surface area contributed by atoms with Gasteiger partial charge in [0, 0.05) is 6.42 Å². The Kier molecular flexibility index (Phi) is 4.99. The molecule has 0 aliphatic rings. The van der Waals surface area contributed by atoms with Gasteiger partial charge in [0.15, 0.2) is 5.78 Å². The second kappa shape index (κ2) is 5.85. The first-order chi connectivity index (χ1) is 7.94. The summed E-state index contributed by atoms with van der Waals surface area (Å²) in [6.07, 6.45) is 0.915. The third kappa shape index (κ3) is 3.21. The predicted octanol–water partition coefficient (Wildman–Crippen LogP) is 3.66. The average Bonchev–Trinajstić information content (AvgIpc) is 2.33. The van der Waals surface area contributed by atoms with Gasteiger partial charge in [-0.15, -0.1) is 0 Å². The van der Waals surface area contributed by atoms with Crippen LogP contribution in [0, 0.1) is 0 Å². The summed E-state index contributed by atoms with van der Waals surface area (Å²) in [4.78, 5) is 12.0. The molecule has 0 spiro atoms. The molecule has 0 aromatic heterocycles. The molecule has 2 nitrogen and oxygen atoms in total. The van der Waals surface area contributed by atoms with E-state index in [9.17, 15) is 9.90 Å². The minimum absolute atomic E-state index is 0.109.